The van der Waals surface area contributed by atoms with Crippen molar-refractivity contribution in [3.05, 3.63) is 40.5 Å². The third-order valence-corrected chi connectivity index (χ3v) is 4.59. The maximum absolute atomic E-state index is 12.5. The molecule has 24 heavy (non-hydrogen) atoms. The molecule has 3 rings (SSSR count). The van der Waals surface area contributed by atoms with E-state index in [-0.39, 0.29) is 11.8 Å². The summed E-state index contributed by atoms with van der Waals surface area (Å²) in [6, 6.07) is 7.51. The van der Waals surface area contributed by atoms with E-state index in [1.54, 1.807) is 4.90 Å². The van der Waals surface area contributed by atoms with Gasteiger partial charge in [0.2, 0.25) is 0 Å². The SMILES string of the molecule is CC(C)C[C@H](O)C(=O)N1CCc2[nH]nc(-c3ccc(Cl)cc3)c2C1. The van der Waals surface area contributed by atoms with Gasteiger partial charge in [0.15, 0.2) is 0 Å². The lowest BCUT2D eigenvalue weighted by Crippen LogP contribution is -2.42. The Morgan fingerprint density at radius 1 is 1.38 bits per heavy atom. The van der Waals surface area contributed by atoms with Crippen LogP contribution in [0.5, 0.6) is 0 Å². The number of carbonyl (C=O) groups excluding carboxylic acids is 1. The number of carbonyl (C=O) groups is 1. The summed E-state index contributed by atoms with van der Waals surface area (Å²) in [6.07, 6.45) is 0.269. The van der Waals surface area contributed by atoms with E-state index < -0.39 is 6.10 Å². The Bertz CT molecular complexity index is 724. The Hall–Kier alpha value is -1.85. The molecule has 2 N–H and O–H groups in total. The van der Waals surface area contributed by atoms with Gasteiger partial charge in [-0.3, -0.25) is 9.89 Å². The molecule has 5 nitrogen and oxygen atoms in total. The van der Waals surface area contributed by atoms with Crippen molar-refractivity contribution >= 4 is 17.5 Å². The highest BCUT2D eigenvalue weighted by molar-refractivity contribution is 6.30. The summed E-state index contributed by atoms with van der Waals surface area (Å²) in [5.74, 6) is 0.0838. The predicted molar refractivity (Wildman–Crippen MR) is 93.6 cm³/mol. The number of fused-ring (bicyclic) bond motifs is 1. The number of nitrogens with one attached hydrogen (secondary N) is 1. The second-order valence-corrected chi connectivity index (χ2v) is 7.13. The molecule has 0 fully saturated rings. The molecule has 1 aliphatic rings. The van der Waals surface area contributed by atoms with Crippen molar-refractivity contribution in [1.29, 1.82) is 0 Å². The quantitative estimate of drug-likeness (QED) is 0.893. The molecule has 0 radical (unpaired) electrons. The zero-order valence-electron chi connectivity index (χ0n) is 13.9. The fourth-order valence-corrected chi connectivity index (χ4v) is 3.21. The largest absolute Gasteiger partial charge is 0.383 e. The van der Waals surface area contributed by atoms with E-state index >= 15 is 0 Å². The smallest absolute Gasteiger partial charge is 0.251 e. The van der Waals surface area contributed by atoms with Gasteiger partial charge >= 0.3 is 0 Å². The van der Waals surface area contributed by atoms with Crippen molar-refractivity contribution in [2.45, 2.75) is 39.3 Å². The van der Waals surface area contributed by atoms with Crippen LogP contribution in [0.4, 0.5) is 0 Å². The Kier molecular flexibility index (Phi) is 4.92. The molecule has 2 heterocycles. The Balaban J connectivity index is 1.81. The maximum Gasteiger partial charge on any atom is 0.251 e. The number of nitrogens with zero attached hydrogens (tertiary/aromatic N) is 2. The maximum atomic E-state index is 12.5. The number of hydrogen-bond donors (Lipinski definition) is 2. The average Bonchev–Trinajstić information content (AvgIpc) is 2.97. The summed E-state index contributed by atoms with van der Waals surface area (Å²) in [4.78, 5) is 14.2. The van der Waals surface area contributed by atoms with Gasteiger partial charge in [0, 0.05) is 41.4 Å². The van der Waals surface area contributed by atoms with Crippen molar-refractivity contribution in [3.63, 3.8) is 0 Å². The molecule has 0 saturated carbocycles. The van der Waals surface area contributed by atoms with Crippen LogP contribution in [0, 0.1) is 5.92 Å². The molecular formula is C18H22ClN3O2. The van der Waals surface area contributed by atoms with E-state index in [0.29, 0.717) is 24.5 Å². The van der Waals surface area contributed by atoms with Crippen LogP contribution < -0.4 is 0 Å². The van der Waals surface area contributed by atoms with Gasteiger partial charge in [-0.2, -0.15) is 5.10 Å². The van der Waals surface area contributed by atoms with Gasteiger partial charge in [0.1, 0.15) is 6.10 Å². The van der Waals surface area contributed by atoms with Crippen LogP contribution in [0.3, 0.4) is 0 Å². The lowest BCUT2D eigenvalue weighted by atomic mass is 9.99. The molecule has 1 aromatic carbocycles. The summed E-state index contributed by atoms with van der Waals surface area (Å²) in [5.41, 5.74) is 3.89. The zero-order valence-corrected chi connectivity index (χ0v) is 14.7. The minimum atomic E-state index is -0.933. The highest BCUT2D eigenvalue weighted by Crippen LogP contribution is 2.29. The van der Waals surface area contributed by atoms with Crippen LogP contribution in [-0.2, 0) is 17.8 Å². The molecule has 0 aliphatic carbocycles. The first kappa shape index (κ1) is 17.0. The van der Waals surface area contributed by atoms with Crippen LogP contribution >= 0.6 is 11.6 Å². The lowest BCUT2D eigenvalue weighted by Gasteiger charge is -2.29. The third-order valence-electron chi connectivity index (χ3n) is 4.34. The first-order valence-electron chi connectivity index (χ1n) is 8.24. The van der Waals surface area contributed by atoms with Crippen LogP contribution in [0.25, 0.3) is 11.3 Å². The molecule has 0 saturated heterocycles. The normalized spacial score (nSPS) is 15.5. The summed E-state index contributed by atoms with van der Waals surface area (Å²) in [6.45, 7) is 5.07. The summed E-state index contributed by atoms with van der Waals surface area (Å²) in [7, 11) is 0. The van der Waals surface area contributed by atoms with E-state index in [1.807, 2.05) is 38.1 Å². The van der Waals surface area contributed by atoms with Crippen molar-refractivity contribution in [2.24, 2.45) is 5.92 Å². The van der Waals surface area contributed by atoms with Gasteiger partial charge in [-0.05, 0) is 24.5 Å². The van der Waals surface area contributed by atoms with E-state index in [2.05, 4.69) is 10.2 Å². The summed E-state index contributed by atoms with van der Waals surface area (Å²) >= 11 is 5.95. The monoisotopic (exact) mass is 347 g/mol. The second-order valence-electron chi connectivity index (χ2n) is 6.69. The molecule has 1 atom stereocenters. The van der Waals surface area contributed by atoms with Gasteiger partial charge in [0.05, 0.1) is 5.69 Å². The molecule has 1 aromatic heterocycles. The number of aromatic nitrogens is 2. The number of aliphatic hydroxyl groups is 1. The highest BCUT2D eigenvalue weighted by Gasteiger charge is 2.29. The van der Waals surface area contributed by atoms with Gasteiger partial charge in [-0.25, -0.2) is 0 Å². The predicted octanol–water partition coefficient (Wildman–Crippen LogP) is 3.02. The average molecular weight is 348 g/mol. The highest BCUT2D eigenvalue weighted by atomic mass is 35.5. The molecule has 6 heteroatoms. The summed E-state index contributed by atoms with van der Waals surface area (Å²) in [5, 5.41) is 18.3. The van der Waals surface area contributed by atoms with Gasteiger partial charge in [0.25, 0.3) is 5.91 Å². The molecule has 0 spiro atoms. The number of amides is 1. The Morgan fingerprint density at radius 2 is 2.08 bits per heavy atom. The van der Waals surface area contributed by atoms with Crippen molar-refractivity contribution < 1.29 is 9.90 Å². The number of aliphatic hydroxyl groups excluding tert-OH is 1. The number of benzene rings is 1. The molecule has 0 bridgehead atoms. The summed E-state index contributed by atoms with van der Waals surface area (Å²) < 4.78 is 0. The molecule has 0 unspecified atom stereocenters. The van der Waals surface area contributed by atoms with Gasteiger partial charge in [-0.15, -0.1) is 0 Å². The van der Waals surface area contributed by atoms with Gasteiger partial charge < -0.3 is 10.0 Å². The molecule has 128 valence electrons. The number of halogens is 1. The fourth-order valence-electron chi connectivity index (χ4n) is 3.09. The van der Waals surface area contributed by atoms with E-state index in [4.69, 9.17) is 11.6 Å². The van der Waals surface area contributed by atoms with Crippen molar-refractivity contribution in [3.8, 4) is 11.3 Å². The van der Waals surface area contributed by atoms with Crippen molar-refractivity contribution in [2.75, 3.05) is 6.54 Å². The number of aromatic amines is 1. The minimum absolute atomic E-state index is 0.197. The second kappa shape index (κ2) is 6.95. The van der Waals surface area contributed by atoms with E-state index in [0.717, 1.165) is 28.9 Å². The Labute approximate surface area is 146 Å². The topological polar surface area (TPSA) is 69.2 Å². The lowest BCUT2D eigenvalue weighted by molar-refractivity contribution is -0.141. The minimum Gasteiger partial charge on any atom is -0.383 e. The zero-order chi connectivity index (χ0) is 17.3. The number of H-pyrrole nitrogens is 1. The standard InChI is InChI=1S/C18H22ClN3O2/c1-11(2)9-16(23)18(24)22-8-7-15-14(10-22)17(21-20-15)12-3-5-13(19)6-4-12/h3-6,11,16,23H,7-10H2,1-2H3,(H,20,21)/t16-/m0/s1. The van der Waals surface area contributed by atoms with E-state index in [1.165, 1.54) is 0 Å². The molecule has 1 amide bonds. The van der Waals surface area contributed by atoms with E-state index in [9.17, 15) is 9.90 Å². The third kappa shape index (κ3) is 3.47. The van der Waals surface area contributed by atoms with Crippen LogP contribution in [0.1, 0.15) is 31.5 Å². The number of hydrogen-bond acceptors (Lipinski definition) is 3. The Morgan fingerprint density at radius 3 is 2.75 bits per heavy atom. The first-order chi connectivity index (χ1) is 11.5. The molecule has 2 aromatic rings. The molecular weight excluding hydrogens is 326 g/mol. The fraction of sp³-hybridized carbons (Fsp3) is 0.444. The van der Waals surface area contributed by atoms with Crippen LogP contribution in [0.15, 0.2) is 24.3 Å². The first-order valence-corrected chi connectivity index (χ1v) is 8.62. The van der Waals surface area contributed by atoms with Gasteiger partial charge in [-0.1, -0.05) is 37.6 Å². The molecule has 1 aliphatic heterocycles. The van der Waals surface area contributed by atoms with Crippen LogP contribution in [-0.4, -0.2) is 38.8 Å². The number of rotatable bonds is 4. The van der Waals surface area contributed by atoms with Crippen molar-refractivity contribution in [1.82, 2.24) is 15.1 Å². The van der Waals surface area contributed by atoms with Crippen LogP contribution in [0.2, 0.25) is 5.02 Å².